The number of fused-ring (bicyclic) bond motifs is 1. The maximum Gasteiger partial charge on any atom is 0.407 e. The van der Waals surface area contributed by atoms with Crippen LogP contribution in [-0.4, -0.2) is 78.0 Å². The highest BCUT2D eigenvalue weighted by molar-refractivity contribution is 6.00. The Hall–Kier alpha value is -3.67. The summed E-state index contributed by atoms with van der Waals surface area (Å²) in [7, 11) is 0. The van der Waals surface area contributed by atoms with E-state index >= 15 is 0 Å². The van der Waals surface area contributed by atoms with E-state index in [1.54, 1.807) is 49.9 Å². The molecule has 0 bridgehead atoms. The van der Waals surface area contributed by atoms with Crippen molar-refractivity contribution in [3.05, 3.63) is 30.0 Å². The number of aliphatic hydroxyl groups excluding tert-OH is 1. The molecule has 0 radical (unpaired) electrons. The van der Waals surface area contributed by atoms with Crippen LogP contribution in [-0.2, 0) is 19.1 Å². The molecule has 1 aliphatic heterocycles. The first-order chi connectivity index (χ1) is 23.5. The third-order valence-electron chi connectivity index (χ3n) is 10.3. The molecule has 270 valence electrons. The SMILES string of the molecule is CC(C)(C)OC(=O)N[C@H](CF)C1CCC(C(=O)N2CC[C@@H](C3CCCCC3)[C@H]2C(=O)Nc2ccc3oc(C(=O)OCCCO)cc3c2)CC1. The van der Waals surface area contributed by atoms with Crippen molar-refractivity contribution in [2.24, 2.45) is 23.7 Å². The second-order valence-electron chi connectivity index (χ2n) is 14.9. The highest BCUT2D eigenvalue weighted by Gasteiger charge is 2.47. The van der Waals surface area contributed by atoms with Crippen LogP contribution < -0.4 is 10.6 Å². The van der Waals surface area contributed by atoms with Crippen LogP contribution in [0, 0.1) is 23.7 Å². The molecule has 0 spiro atoms. The zero-order chi connectivity index (χ0) is 35.1. The van der Waals surface area contributed by atoms with Crippen molar-refractivity contribution in [2.75, 3.05) is 31.7 Å². The van der Waals surface area contributed by atoms with Gasteiger partial charge in [0, 0.05) is 36.6 Å². The number of esters is 1. The van der Waals surface area contributed by atoms with Gasteiger partial charge in [0.05, 0.1) is 12.6 Å². The average Bonchev–Trinajstić information content (AvgIpc) is 3.72. The van der Waals surface area contributed by atoms with Crippen molar-refractivity contribution in [1.82, 2.24) is 10.2 Å². The minimum absolute atomic E-state index is 0.0246. The highest BCUT2D eigenvalue weighted by Crippen LogP contribution is 2.41. The second kappa shape index (κ2) is 16.4. The van der Waals surface area contributed by atoms with E-state index in [9.17, 15) is 23.6 Å². The van der Waals surface area contributed by atoms with Crippen molar-refractivity contribution in [3.63, 3.8) is 0 Å². The summed E-state index contributed by atoms with van der Waals surface area (Å²) in [5.74, 6) is -0.769. The van der Waals surface area contributed by atoms with Crippen LogP contribution in [0.15, 0.2) is 28.7 Å². The molecule has 2 aromatic rings. The number of ether oxygens (including phenoxy) is 2. The number of amides is 3. The number of carbonyl (C=O) groups is 4. The van der Waals surface area contributed by atoms with Gasteiger partial charge < -0.3 is 34.5 Å². The molecule has 5 rings (SSSR count). The van der Waals surface area contributed by atoms with Crippen molar-refractivity contribution < 1.29 is 42.6 Å². The summed E-state index contributed by atoms with van der Waals surface area (Å²) >= 11 is 0. The molecule has 11 nitrogen and oxygen atoms in total. The van der Waals surface area contributed by atoms with E-state index in [1.165, 1.54) is 6.42 Å². The van der Waals surface area contributed by atoms with E-state index in [1.807, 2.05) is 0 Å². The Morgan fingerprint density at radius 3 is 2.43 bits per heavy atom. The third-order valence-corrected chi connectivity index (χ3v) is 10.3. The van der Waals surface area contributed by atoms with Gasteiger partial charge in [-0.1, -0.05) is 32.1 Å². The van der Waals surface area contributed by atoms with E-state index in [0.29, 0.717) is 61.2 Å². The molecule has 2 aliphatic carbocycles. The number of nitrogens with zero attached hydrogens (tertiary/aromatic N) is 1. The number of alkyl carbamates (subject to hydrolysis) is 1. The molecule has 3 aliphatic rings. The van der Waals surface area contributed by atoms with Crippen molar-refractivity contribution >= 4 is 40.5 Å². The molecule has 0 unspecified atom stereocenters. The Bertz CT molecular complexity index is 1460. The minimum atomic E-state index is -0.708. The molecule has 3 amide bonds. The number of alkyl halides is 1. The Balaban J connectivity index is 1.26. The summed E-state index contributed by atoms with van der Waals surface area (Å²) in [5.41, 5.74) is 0.322. The Morgan fingerprint density at radius 1 is 1.02 bits per heavy atom. The van der Waals surface area contributed by atoms with Gasteiger partial charge in [-0.05, 0) is 94.9 Å². The van der Waals surface area contributed by atoms with Crippen molar-refractivity contribution in [3.8, 4) is 0 Å². The number of hydrogen-bond acceptors (Lipinski definition) is 8. The summed E-state index contributed by atoms with van der Waals surface area (Å²) in [4.78, 5) is 54.7. The van der Waals surface area contributed by atoms with Gasteiger partial charge in [0.2, 0.25) is 17.6 Å². The van der Waals surface area contributed by atoms with E-state index in [4.69, 9.17) is 19.0 Å². The topological polar surface area (TPSA) is 147 Å². The summed E-state index contributed by atoms with van der Waals surface area (Å²) < 4.78 is 30.1. The number of anilines is 1. The molecule has 1 aromatic heterocycles. The molecule has 1 aromatic carbocycles. The molecule has 2 saturated carbocycles. The quantitative estimate of drug-likeness (QED) is 0.183. The lowest BCUT2D eigenvalue weighted by Gasteiger charge is -2.37. The minimum Gasteiger partial charge on any atom is -0.460 e. The highest BCUT2D eigenvalue weighted by atomic mass is 19.1. The van der Waals surface area contributed by atoms with Crippen LogP contribution in [0.25, 0.3) is 11.0 Å². The van der Waals surface area contributed by atoms with Gasteiger partial charge >= 0.3 is 12.1 Å². The number of furan rings is 1. The fourth-order valence-corrected chi connectivity index (χ4v) is 7.94. The van der Waals surface area contributed by atoms with E-state index < -0.39 is 36.4 Å². The number of halogens is 1. The fourth-order valence-electron chi connectivity index (χ4n) is 7.94. The van der Waals surface area contributed by atoms with Gasteiger partial charge in [0.1, 0.15) is 23.9 Å². The van der Waals surface area contributed by atoms with Gasteiger partial charge in [-0.2, -0.15) is 0 Å². The lowest BCUT2D eigenvalue weighted by molar-refractivity contribution is -0.142. The molecule has 3 fully saturated rings. The first kappa shape index (κ1) is 36.6. The van der Waals surface area contributed by atoms with Gasteiger partial charge in [-0.15, -0.1) is 0 Å². The molecule has 2 heterocycles. The van der Waals surface area contributed by atoms with Crippen LogP contribution >= 0.6 is 0 Å². The first-order valence-electron chi connectivity index (χ1n) is 18.0. The summed E-state index contributed by atoms with van der Waals surface area (Å²) in [5, 5.41) is 15.3. The predicted molar refractivity (Wildman–Crippen MR) is 182 cm³/mol. The van der Waals surface area contributed by atoms with Crippen LogP contribution in [0.5, 0.6) is 0 Å². The number of carbonyl (C=O) groups excluding carboxylic acids is 4. The van der Waals surface area contributed by atoms with Crippen LogP contribution in [0.1, 0.15) is 102 Å². The van der Waals surface area contributed by atoms with Gasteiger partial charge in [-0.3, -0.25) is 9.59 Å². The standard InChI is InChI=1S/C37H52FN3O8/c1-37(2,3)49-36(46)40-29(22-38)24-10-12-25(13-11-24)34(44)41-17-16-28(23-8-5-4-6-9-23)32(41)33(43)39-27-14-15-30-26(20-27)21-31(48-30)35(45)47-19-7-18-42/h14-15,20-21,23-25,28-29,32,42H,4-13,16-19,22H2,1-3H3,(H,39,43)(H,40,46)/t24?,25?,28-,29+,32-/m0/s1. The third kappa shape index (κ3) is 9.32. The Morgan fingerprint density at radius 2 is 1.76 bits per heavy atom. The number of aliphatic hydroxyl groups is 1. The number of nitrogens with one attached hydrogen (secondary N) is 2. The van der Waals surface area contributed by atoms with E-state index in [0.717, 1.165) is 32.1 Å². The van der Waals surface area contributed by atoms with Gasteiger partial charge in [0.25, 0.3) is 0 Å². The Kier molecular flexibility index (Phi) is 12.2. The smallest absolute Gasteiger partial charge is 0.407 e. The zero-order valence-corrected chi connectivity index (χ0v) is 29.0. The number of hydrogen-bond donors (Lipinski definition) is 3. The van der Waals surface area contributed by atoms with Crippen LogP contribution in [0.2, 0.25) is 0 Å². The summed E-state index contributed by atoms with van der Waals surface area (Å²) in [6, 6.07) is 5.44. The Labute approximate surface area is 287 Å². The van der Waals surface area contributed by atoms with Crippen LogP contribution in [0.4, 0.5) is 14.9 Å². The molecular formula is C37H52FN3O8. The molecule has 3 N–H and O–H groups in total. The number of rotatable bonds is 11. The summed E-state index contributed by atoms with van der Waals surface area (Å²) in [6.45, 7) is 5.09. The average molecular weight is 686 g/mol. The number of likely N-dealkylation sites (tertiary alicyclic amines) is 1. The lowest BCUT2D eigenvalue weighted by Crippen LogP contribution is -2.50. The maximum absolute atomic E-state index is 14.1. The van der Waals surface area contributed by atoms with Crippen LogP contribution in [0.3, 0.4) is 0 Å². The van der Waals surface area contributed by atoms with Gasteiger partial charge in [-0.25, -0.2) is 14.0 Å². The lowest BCUT2D eigenvalue weighted by atomic mass is 9.76. The van der Waals surface area contributed by atoms with E-state index in [-0.39, 0.29) is 48.5 Å². The molecule has 1 saturated heterocycles. The second-order valence-corrected chi connectivity index (χ2v) is 14.9. The molecule has 3 atom stereocenters. The van der Waals surface area contributed by atoms with E-state index in [2.05, 4.69) is 10.6 Å². The number of benzene rings is 1. The van der Waals surface area contributed by atoms with Gasteiger partial charge in [0.15, 0.2) is 0 Å². The van der Waals surface area contributed by atoms with Crippen molar-refractivity contribution in [2.45, 2.75) is 109 Å². The molecule has 12 heteroatoms. The first-order valence-corrected chi connectivity index (χ1v) is 18.0. The predicted octanol–water partition coefficient (Wildman–Crippen LogP) is 6.38. The largest absolute Gasteiger partial charge is 0.460 e. The monoisotopic (exact) mass is 685 g/mol. The maximum atomic E-state index is 14.1. The normalized spacial score (nSPS) is 24.0. The zero-order valence-electron chi connectivity index (χ0n) is 29.0. The van der Waals surface area contributed by atoms with Crippen molar-refractivity contribution in [1.29, 1.82) is 0 Å². The fraction of sp³-hybridized carbons (Fsp3) is 0.676. The molecular weight excluding hydrogens is 633 g/mol. The summed E-state index contributed by atoms with van der Waals surface area (Å²) in [6.07, 6.45) is 8.34. The molecule has 49 heavy (non-hydrogen) atoms.